The van der Waals surface area contributed by atoms with Gasteiger partial charge in [-0.2, -0.15) is 5.10 Å². The molecule has 1 aromatic heterocycles. The molecule has 0 radical (unpaired) electrons. The summed E-state index contributed by atoms with van der Waals surface area (Å²) in [6, 6.07) is 16.4. The highest BCUT2D eigenvalue weighted by Gasteiger charge is 2.22. The van der Waals surface area contributed by atoms with Gasteiger partial charge in [0.05, 0.1) is 24.5 Å². The highest BCUT2D eigenvalue weighted by Crippen LogP contribution is 2.29. The predicted molar refractivity (Wildman–Crippen MR) is 118 cm³/mol. The second-order valence-corrected chi connectivity index (χ2v) is 7.97. The van der Waals surface area contributed by atoms with Crippen molar-refractivity contribution in [2.24, 2.45) is 0 Å². The minimum absolute atomic E-state index is 0.102. The number of fused-ring (bicyclic) bond motifs is 1. The first-order valence-corrected chi connectivity index (χ1v) is 10.6. The van der Waals surface area contributed by atoms with E-state index in [0.29, 0.717) is 12.8 Å². The molecule has 1 amide bonds. The minimum atomic E-state index is 0.102. The quantitative estimate of drug-likeness (QED) is 0.653. The van der Waals surface area contributed by atoms with E-state index in [-0.39, 0.29) is 11.9 Å². The van der Waals surface area contributed by atoms with Crippen molar-refractivity contribution in [1.29, 1.82) is 0 Å². The Balaban J connectivity index is 1.44. The van der Waals surface area contributed by atoms with Crippen molar-refractivity contribution in [3.05, 3.63) is 76.6 Å². The molecular formula is C25H29N3O2. The van der Waals surface area contributed by atoms with Crippen molar-refractivity contribution in [3.8, 4) is 11.4 Å². The van der Waals surface area contributed by atoms with Gasteiger partial charge in [0.25, 0.3) is 0 Å². The molecule has 1 aliphatic rings. The number of carbonyl (C=O) groups excluding carboxylic acids is 1. The smallest absolute Gasteiger partial charge is 0.220 e. The maximum atomic E-state index is 12.7. The summed E-state index contributed by atoms with van der Waals surface area (Å²) in [7, 11) is 1.66. The van der Waals surface area contributed by atoms with Gasteiger partial charge in [-0.1, -0.05) is 30.3 Å². The van der Waals surface area contributed by atoms with Crippen LogP contribution in [0.15, 0.2) is 48.5 Å². The zero-order valence-electron chi connectivity index (χ0n) is 17.9. The molecule has 1 heterocycles. The number of rotatable bonds is 6. The summed E-state index contributed by atoms with van der Waals surface area (Å²) < 4.78 is 7.27. The summed E-state index contributed by atoms with van der Waals surface area (Å²) in [5, 5.41) is 7.96. The standard InChI is InChI=1S/C25H29N3O2/c1-17-22(18(2)28(27-17)20-10-7-11-21(16-20)30-3)14-15-25(29)26-24-13-6-9-19-8-4-5-12-23(19)24/h4-5,7-8,10-12,16,24H,6,9,13-15H2,1-3H3,(H,26,29)/t24-/m0/s1. The Hall–Kier alpha value is -3.08. The van der Waals surface area contributed by atoms with Gasteiger partial charge in [-0.3, -0.25) is 4.79 Å². The molecule has 5 heteroatoms. The first-order chi connectivity index (χ1) is 14.6. The van der Waals surface area contributed by atoms with E-state index >= 15 is 0 Å². The fourth-order valence-electron chi connectivity index (χ4n) is 4.44. The molecule has 0 bridgehead atoms. The topological polar surface area (TPSA) is 56.2 Å². The van der Waals surface area contributed by atoms with Crippen LogP contribution in [-0.4, -0.2) is 22.8 Å². The minimum Gasteiger partial charge on any atom is -0.497 e. The second kappa shape index (κ2) is 8.74. The van der Waals surface area contributed by atoms with Crippen molar-refractivity contribution in [3.63, 3.8) is 0 Å². The lowest BCUT2D eigenvalue weighted by atomic mass is 9.87. The summed E-state index contributed by atoms with van der Waals surface area (Å²) in [4.78, 5) is 12.7. The largest absolute Gasteiger partial charge is 0.497 e. The number of carbonyl (C=O) groups is 1. The van der Waals surface area contributed by atoms with E-state index in [2.05, 4.69) is 36.5 Å². The number of hydrogen-bond acceptors (Lipinski definition) is 3. The lowest BCUT2D eigenvalue weighted by Crippen LogP contribution is -2.31. The van der Waals surface area contributed by atoms with Gasteiger partial charge in [-0.05, 0) is 68.4 Å². The van der Waals surface area contributed by atoms with Gasteiger partial charge in [0.2, 0.25) is 5.91 Å². The van der Waals surface area contributed by atoms with Gasteiger partial charge in [0, 0.05) is 18.2 Å². The molecular weight excluding hydrogens is 374 g/mol. The van der Waals surface area contributed by atoms with E-state index in [9.17, 15) is 4.79 Å². The van der Waals surface area contributed by atoms with Crippen LogP contribution in [0.2, 0.25) is 0 Å². The number of nitrogens with one attached hydrogen (secondary N) is 1. The van der Waals surface area contributed by atoms with Crippen LogP contribution in [0.1, 0.15) is 53.4 Å². The highest BCUT2D eigenvalue weighted by molar-refractivity contribution is 5.77. The van der Waals surface area contributed by atoms with Gasteiger partial charge in [-0.15, -0.1) is 0 Å². The Bertz CT molecular complexity index is 1050. The second-order valence-electron chi connectivity index (χ2n) is 7.97. The molecule has 1 aliphatic carbocycles. The van der Waals surface area contributed by atoms with Crippen LogP contribution < -0.4 is 10.1 Å². The van der Waals surface area contributed by atoms with Gasteiger partial charge < -0.3 is 10.1 Å². The Kier molecular flexibility index (Phi) is 5.88. The average molecular weight is 404 g/mol. The molecule has 0 saturated heterocycles. The highest BCUT2D eigenvalue weighted by atomic mass is 16.5. The molecule has 0 unspecified atom stereocenters. The maximum absolute atomic E-state index is 12.7. The van der Waals surface area contributed by atoms with Crippen LogP contribution in [0.25, 0.3) is 5.69 Å². The number of methoxy groups -OCH3 is 1. The van der Waals surface area contributed by atoms with Crippen molar-refractivity contribution in [1.82, 2.24) is 15.1 Å². The van der Waals surface area contributed by atoms with Gasteiger partial charge in [0.15, 0.2) is 0 Å². The third-order valence-corrected chi connectivity index (χ3v) is 6.05. The van der Waals surface area contributed by atoms with E-state index in [1.807, 2.05) is 35.9 Å². The number of aromatic nitrogens is 2. The molecule has 2 aromatic carbocycles. The summed E-state index contributed by atoms with van der Waals surface area (Å²) in [5.41, 5.74) is 6.76. The van der Waals surface area contributed by atoms with Crippen LogP contribution in [0.3, 0.4) is 0 Å². The van der Waals surface area contributed by atoms with Crippen LogP contribution in [0.4, 0.5) is 0 Å². The van der Waals surface area contributed by atoms with E-state index < -0.39 is 0 Å². The van der Waals surface area contributed by atoms with E-state index in [1.54, 1.807) is 7.11 Å². The van der Waals surface area contributed by atoms with Gasteiger partial charge >= 0.3 is 0 Å². The lowest BCUT2D eigenvalue weighted by molar-refractivity contribution is -0.121. The van der Waals surface area contributed by atoms with Crippen molar-refractivity contribution < 1.29 is 9.53 Å². The molecule has 1 N–H and O–H groups in total. The third-order valence-electron chi connectivity index (χ3n) is 6.05. The fourth-order valence-corrected chi connectivity index (χ4v) is 4.44. The van der Waals surface area contributed by atoms with Crippen molar-refractivity contribution in [2.45, 2.75) is 52.0 Å². The number of amides is 1. The number of hydrogen-bond donors (Lipinski definition) is 1. The van der Waals surface area contributed by atoms with E-state index in [1.165, 1.54) is 11.1 Å². The first kappa shape index (κ1) is 20.2. The zero-order chi connectivity index (χ0) is 21.1. The van der Waals surface area contributed by atoms with Crippen molar-refractivity contribution >= 4 is 5.91 Å². The summed E-state index contributed by atoms with van der Waals surface area (Å²) in [6.07, 6.45) is 4.37. The van der Waals surface area contributed by atoms with Gasteiger partial charge in [0.1, 0.15) is 5.75 Å². The number of aryl methyl sites for hydroxylation is 2. The van der Waals surface area contributed by atoms with Gasteiger partial charge in [-0.25, -0.2) is 4.68 Å². The molecule has 30 heavy (non-hydrogen) atoms. The molecule has 0 spiro atoms. The van der Waals surface area contributed by atoms with Crippen molar-refractivity contribution in [2.75, 3.05) is 7.11 Å². The monoisotopic (exact) mass is 403 g/mol. The Morgan fingerprint density at radius 2 is 2.03 bits per heavy atom. The fraction of sp³-hybridized carbons (Fsp3) is 0.360. The van der Waals surface area contributed by atoms with E-state index in [4.69, 9.17) is 9.84 Å². The molecule has 0 aliphatic heterocycles. The molecule has 0 saturated carbocycles. The third kappa shape index (κ3) is 4.11. The molecule has 156 valence electrons. The molecule has 1 atom stereocenters. The van der Waals surface area contributed by atoms with E-state index in [0.717, 1.165) is 47.7 Å². The summed E-state index contributed by atoms with van der Waals surface area (Å²) in [6.45, 7) is 4.07. The maximum Gasteiger partial charge on any atom is 0.220 e. The predicted octanol–water partition coefficient (Wildman–Crippen LogP) is 4.62. The number of nitrogens with zero attached hydrogens (tertiary/aromatic N) is 2. The molecule has 4 rings (SSSR count). The zero-order valence-corrected chi connectivity index (χ0v) is 17.9. The van der Waals surface area contributed by atoms with Crippen LogP contribution in [0.5, 0.6) is 5.75 Å². The molecule has 5 nitrogen and oxygen atoms in total. The van der Waals surface area contributed by atoms with Crippen LogP contribution >= 0.6 is 0 Å². The summed E-state index contributed by atoms with van der Waals surface area (Å²) >= 11 is 0. The normalized spacial score (nSPS) is 15.5. The van der Waals surface area contributed by atoms with Crippen LogP contribution in [-0.2, 0) is 17.6 Å². The molecule has 3 aromatic rings. The number of ether oxygens (including phenoxy) is 1. The Morgan fingerprint density at radius 1 is 1.20 bits per heavy atom. The average Bonchev–Trinajstić information content (AvgIpc) is 3.06. The Labute approximate surface area is 178 Å². The SMILES string of the molecule is COc1cccc(-n2nc(C)c(CCC(=O)N[C@H]3CCCc4ccccc43)c2C)c1. The first-order valence-electron chi connectivity index (χ1n) is 10.6. The lowest BCUT2D eigenvalue weighted by Gasteiger charge is -2.26. The Morgan fingerprint density at radius 3 is 2.87 bits per heavy atom. The molecule has 0 fully saturated rings. The van der Waals surface area contributed by atoms with Crippen LogP contribution in [0, 0.1) is 13.8 Å². The number of benzene rings is 2. The summed E-state index contributed by atoms with van der Waals surface area (Å²) in [5.74, 6) is 0.901.